The van der Waals surface area contributed by atoms with Crippen molar-refractivity contribution in [3.05, 3.63) is 64.9 Å². The van der Waals surface area contributed by atoms with Crippen LogP contribution in [0.15, 0.2) is 58.6 Å². The van der Waals surface area contributed by atoms with E-state index >= 15 is 0 Å². The number of urea groups is 1. The topological polar surface area (TPSA) is 131 Å². The SMILES string of the molecule is COC(=O)C1=C(CS(=O)(=O)c2ccc(CC(C)C)cc2)NC(=O)N[C@H]1c1ccc(O)c(OC)c1. The molecule has 1 aliphatic rings. The number of amides is 2. The zero-order valence-electron chi connectivity index (χ0n) is 19.4. The number of aromatic hydroxyl groups is 1. The third-order valence-corrected chi connectivity index (χ3v) is 7.02. The highest BCUT2D eigenvalue weighted by atomic mass is 32.2. The highest BCUT2D eigenvalue weighted by molar-refractivity contribution is 7.91. The minimum atomic E-state index is -3.90. The van der Waals surface area contributed by atoms with Gasteiger partial charge in [-0.2, -0.15) is 0 Å². The lowest BCUT2D eigenvalue weighted by molar-refractivity contribution is -0.136. The lowest BCUT2D eigenvalue weighted by Crippen LogP contribution is -2.47. The summed E-state index contributed by atoms with van der Waals surface area (Å²) in [5.74, 6) is -0.984. The quantitative estimate of drug-likeness (QED) is 0.487. The standard InChI is InChI=1S/C24H28N2O7S/c1-14(2)11-15-5-8-17(9-6-15)34(30,31)13-18-21(23(28)33-4)22(26-24(29)25-18)16-7-10-19(27)20(12-16)32-3/h5-10,12,14,22,27H,11,13H2,1-4H3,(H2,25,26,29)/t22-/m0/s1. The summed E-state index contributed by atoms with van der Waals surface area (Å²) in [4.78, 5) is 25.2. The van der Waals surface area contributed by atoms with Crippen LogP contribution in [0.25, 0.3) is 0 Å². The van der Waals surface area contributed by atoms with Crippen molar-refractivity contribution >= 4 is 21.8 Å². The largest absolute Gasteiger partial charge is 0.504 e. The Hall–Kier alpha value is -3.53. The normalized spacial score (nSPS) is 16.1. The molecule has 1 atom stereocenters. The smallest absolute Gasteiger partial charge is 0.338 e. The predicted octanol–water partition coefficient (Wildman–Crippen LogP) is 2.85. The summed E-state index contributed by atoms with van der Waals surface area (Å²) in [6.07, 6.45) is 0.817. The van der Waals surface area contributed by atoms with Gasteiger partial charge in [-0.1, -0.05) is 32.0 Å². The van der Waals surface area contributed by atoms with Crippen LogP contribution in [0.5, 0.6) is 11.5 Å². The number of phenols is 1. The van der Waals surface area contributed by atoms with E-state index in [1.165, 1.54) is 44.6 Å². The van der Waals surface area contributed by atoms with E-state index in [-0.39, 0.29) is 27.7 Å². The zero-order valence-corrected chi connectivity index (χ0v) is 20.2. The number of benzene rings is 2. The molecule has 0 spiro atoms. The molecule has 2 aromatic rings. The van der Waals surface area contributed by atoms with Crippen LogP contribution in [-0.4, -0.2) is 45.5 Å². The number of hydrogen-bond acceptors (Lipinski definition) is 7. The van der Waals surface area contributed by atoms with E-state index in [1.54, 1.807) is 12.1 Å². The molecular weight excluding hydrogens is 460 g/mol. The number of rotatable bonds is 8. The first kappa shape index (κ1) is 25.1. The summed E-state index contributed by atoms with van der Waals surface area (Å²) in [5.41, 5.74) is 1.27. The first-order valence-corrected chi connectivity index (χ1v) is 12.3. The van der Waals surface area contributed by atoms with Crippen LogP contribution in [0, 0.1) is 5.92 Å². The number of methoxy groups -OCH3 is 2. The third kappa shape index (κ3) is 5.51. The second kappa shape index (κ2) is 10.2. The molecule has 0 saturated carbocycles. The van der Waals surface area contributed by atoms with Crippen molar-refractivity contribution in [2.75, 3.05) is 20.0 Å². The summed E-state index contributed by atoms with van der Waals surface area (Å²) < 4.78 is 36.4. The number of carbonyl (C=O) groups is 2. The molecule has 2 aromatic carbocycles. The van der Waals surface area contributed by atoms with E-state index in [9.17, 15) is 23.1 Å². The molecule has 0 bridgehead atoms. The third-order valence-electron chi connectivity index (χ3n) is 5.36. The van der Waals surface area contributed by atoms with E-state index in [1.807, 2.05) is 0 Å². The van der Waals surface area contributed by atoms with E-state index < -0.39 is 33.6 Å². The fourth-order valence-corrected chi connectivity index (χ4v) is 5.11. The van der Waals surface area contributed by atoms with E-state index in [0.29, 0.717) is 11.5 Å². The second-order valence-electron chi connectivity index (χ2n) is 8.35. The van der Waals surface area contributed by atoms with Crippen LogP contribution in [0.1, 0.15) is 31.0 Å². The molecule has 0 unspecified atom stereocenters. The van der Waals surface area contributed by atoms with Crippen molar-refractivity contribution in [2.45, 2.75) is 31.2 Å². The van der Waals surface area contributed by atoms with Crippen LogP contribution in [0.2, 0.25) is 0 Å². The first-order valence-electron chi connectivity index (χ1n) is 10.6. The van der Waals surface area contributed by atoms with Crippen molar-refractivity contribution in [3.63, 3.8) is 0 Å². The average molecular weight is 489 g/mol. The van der Waals surface area contributed by atoms with Gasteiger partial charge in [0.1, 0.15) is 0 Å². The molecule has 9 nitrogen and oxygen atoms in total. The molecule has 1 aliphatic heterocycles. The maximum absolute atomic E-state index is 13.2. The summed E-state index contributed by atoms with van der Waals surface area (Å²) in [6.45, 7) is 4.15. The molecule has 1 heterocycles. The van der Waals surface area contributed by atoms with Gasteiger partial charge in [0, 0.05) is 5.70 Å². The average Bonchev–Trinajstić information content (AvgIpc) is 2.78. The lowest BCUT2D eigenvalue weighted by atomic mass is 9.95. The van der Waals surface area contributed by atoms with Crippen molar-refractivity contribution in [2.24, 2.45) is 5.92 Å². The fourth-order valence-electron chi connectivity index (χ4n) is 3.78. The van der Waals surface area contributed by atoms with Gasteiger partial charge in [0.25, 0.3) is 0 Å². The fraction of sp³-hybridized carbons (Fsp3) is 0.333. The number of esters is 1. The molecule has 34 heavy (non-hydrogen) atoms. The van der Waals surface area contributed by atoms with Crippen molar-refractivity contribution in [1.82, 2.24) is 10.6 Å². The Kier molecular flexibility index (Phi) is 7.51. The molecule has 0 radical (unpaired) electrons. The molecule has 182 valence electrons. The number of nitrogens with one attached hydrogen (secondary N) is 2. The van der Waals surface area contributed by atoms with E-state index in [0.717, 1.165) is 12.0 Å². The minimum absolute atomic E-state index is 0.0603. The van der Waals surface area contributed by atoms with Crippen molar-refractivity contribution in [3.8, 4) is 11.5 Å². The monoisotopic (exact) mass is 488 g/mol. The van der Waals surface area contributed by atoms with E-state index in [2.05, 4.69) is 24.5 Å². The molecule has 0 aliphatic carbocycles. The first-order chi connectivity index (χ1) is 16.1. The Balaban J connectivity index is 2.03. The molecule has 3 N–H and O–H groups in total. The van der Waals surface area contributed by atoms with Gasteiger partial charge in [0.05, 0.1) is 36.5 Å². The van der Waals surface area contributed by atoms with Gasteiger partial charge in [0.2, 0.25) is 0 Å². The van der Waals surface area contributed by atoms with E-state index in [4.69, 9.17) is 9.47 Å². The Bertz CT molecular complexity index is 1220. The predicted molar refractivity (Wildman–Crippen MR) is 125 cm³/mol. The van der Waals surface area contributed by atoms with Crippen molar-refractivity contribution in [1.29, 1.82) is 0 Å². The highest BCUT2D eigenvalue weighted by Crippen LogP contribution is 2.34. The van der Waals surface area contributed by atoms with Crippen LogP contribution in [-0.2, 0) is 25.8 Å². The zero-order chi connectivity index (χ0) is 25.0. The molecular formula is C24H28N2O7S. The number of carbonyl (C=O) groups excluding carboxylic acids is 2. The Morgan fingerprint density at radius 1 is 1.12 bits per heavy atom. The summed E-state index contributed by atoms with van der Waals surface area (Å²) in [5, 5.41) is 15.0. The second-order valence-corrected chi connectivity index (χ2v) is 10.3. The summed E-state index contributed by atoms with van der Waals surface area (Å²) in [6, 6.07) is 9.17. The number of ether oxygens (including phenoxy) is 2. The molecule has 0 fully saturated rings. The van der Waals surface area contributed by atoms with Crippen LogP contribution >= 0.6 is 0 Å². The molecule has 3 rings (SSSR count). The highest BCUT2D eigenvalue weighted by Gasteiger charge is 2.36. The van der Waals surface area contributed by atoms with Gasteiger partial charge >= 0.3 is 12.0 Å². The van der Waals surface area contributed by atoms with Crippen LogP contribution in [0.4, 0.5) is 4.79 Å². The molecule has 10 heteroatoms. The maximum Gasteiger partial charge on any atom is 0.338 e. The van der Waals surface area contributed by atoms with Gasteiger partial charge in [-0.05, 0) is 47.7 Å². The molecule has 0 aromatic heterocycles. The summed E-state index contributed by atoms with van der Waals surface area (Å²) >= 11 is 0. The molecule has 0 saturated heterocycles. The Morgan fingerprint density at radius 3 is 2.38 bits per heavy atom. The van der Waals surface area contributed by atoms with Crippen molar-refractivity contribution < 1.29 is 32.6 Å². The van der Waals surface area contributed by atoms with Crippen LogP contribution < -0.4 is 15.4 Å². The van der Waals surface area contributed by atoms with Gasteiger partial charge in [-0.15, -0.1) is 0 Å². The lowest BCUT2D eigenvalue weighted by Gasteiger charge is -2.29. The maximum atomic E-state index is 13.2. The van der Waals surface area contributed by atoms with Crippen LogP contribution in [0.3, 0.4) is 0 Å². The minimum Gasteiger partial charge on any atom is -0.504 e. The van der Waals surface area contributed by atoms with Gasteiger partial charge < -0.3 is 25.2 Å². The van der Waals surface area contributed by atoms with Gasteiger partial charge in [-0.3, -0.25) is 0 Å². The molecule has 2 amide bonds. The Morgan fingerprint density at radius 2 is 1.79 bits per heavy atom. The number of sulfone groups is 1. The number of phenolic OH excluding ortho intramolecular Hbond substituents is 1. The Labute approximate surface area is 198 Å². The number of hydrogen-bond donors (Lipinski definition) is 3. The van der Waals surface area contributed by atoms with Gasteiger partial charge in [0.15, 0.2) is 21.3 Å². The summed E-state index contributed by atoms with van der Waals surface area (Å²) in [7, 11) is -1.37. The van der Waals surface area contributed by atoms with Gasteiger partial charge in [-0.25, -0.2) is 18.0 Å².